The van der Waals surface area contributed by atoms with Crippen molar-refractivity contribution < 1.29 is 49.1 Å². The number of hydrogen-bond donors (Lipinski definition) is 0. The number of fused-ring (bicyclic) bond motifs is 2. The molecule has 0 aromatic rings. The van der Waals surface area contributed by atoms with E-state index in [1.165, 1.54) is 0 Å². The highest BCUT2D eigenvalue weighted by atomic mass is 32.2. The molecule has 170 valence electrons. The van der Waals surface area contributed by atoms with Crippen LogP contribution < -0.4 is 0 Å². The third-order valence-corrected chi connectivity index (χ3v) is 7.12. The highest BCUT2D eigenvalue weighted by Gasteiger charge is 2.68. The minimum Gasteiger partial charge on any atom is -0.444 e. The Labute approximate surface area is 166 Å². The second-order valence-corrected chi connectivity index (χ2v) is 9.75. The summed E-state index contributed by atoms with van der Waals surface area (Å²) in [5.41, 5.74) is -1.36. The summed E-state index contributed by atoms with van der Waals surface area (Å²) in [7, 11) is -5.63. The maximum absolute atomic E-state index is 14.2. The molecule has 2 rings (SSSR count). The van der Waals surface area contributed by atoms with Crippen molar-refractivity contribution in [1.29, 1.82) is 0 Å². The van der Waals surface area contributed by atoms with Crippen molar-refractivity contribution in [1.82, 2.24) is 0 Å². The molecule has 0 amide bonds. The molecule has 2 aliphatic carbocycles. The monoisotopic (exact) mass is 452 g/mol. The fraction of sp³-hybridized carbons (Fsp3) is 0.941. The summed E-state index contributed by atoms with van der Waals surface area (Å²) in [6.45, 7) is 3.63. The molecule has 2 aliphatic rings. The van der Waals surface area contributed by atoms with Crippen LogP contribution in [0.3, 0.4) is 0 Å². The van der Waals surface area contributed by atoms with E-state index in [1.807, 2.05) is 0 Å². The second-order valence-electron chi connectivity index (χ2n) is 8.16. The smallest absolute Gasteiger partial charge is 0.432 e. The number of alkyl halides is 5. The molecule has 2 bridgehead atoms. The molecule has 29 heavy (non-hydrogen) atoms. The Balaban J connectivity index is 2.32. The van der Waals surface area contributed by atoms with Crippen molar-refractivity contribution in [3.05, 3.63) is 0 Å². The third kappa shape index (κ3) is 4.84. The Kier molecular flexibility index (Phi) is 6.91. The standard InChI is InChI=1S/C17H25F5O6S/c1-4-15(8-11-5-10(2)6-12(7-11)9-15)14(23)27-13(16(18,19)20)17(21,22)29(24,25)28-26-3/h10-13H,4-9H2,1-3H3. The van der Waals surface area contributed by atoms with Gasteiger partial charge < -0.3 is 4.74 Å². The Hall–Kier alpha value is -1.01. The molecular formula is C17H25F5O6S. The third-order valence-electron chi connectivity index (χ3n) is 5.93. The first kappa shape index (κ1) is 24.3. The molecule has 0 aromatic carbocycles. The van der Waals surface area contributed by atoms with Gasteiger partial charge in [-0.2, -0.15) is 30.4 Å². The predicted octanol–water partition coefficient (Wildman–Crippen LogP) is 4.20. The van der Waals surface area contributed by atoms with Gasteiger partial charge in [0.05, 0.1) is 12.5 Å². The summed E-state index contributed by atoms with van der Waals surface area (Å²) >= 11 is 0. The van der Waals surface area contributed by atoms with Gasteiger partial charge in [-0.3, -0.25) is 4.79 Å². The van der Waals surface area contributed by atoms with Gasteiger partial charge in [-0.1, -0.05) is 13.8 Å². The molecule has 2 saturated carbocycles. The molecule has 0 spiro atoms. The van der Waals surface area contributed by atoms with Gasteiger partial charge in [-0.05, 0) is 56.3 Å². The Morgan fingerprint density at radius 2 is 1.62 bits per heavy atom. The zero-order valence-corrected chi connectivity index (χ0v) is 17.1. The number of carbonyl (C=O) groups excluding carboxylic acids is 1. The minimum atomic E-state index is -6.17. The van der Waals surface area contributed by atoms with Gasteiger partial charge in [0.1, 0.15) is 0 Å². The van der Waals surface area contributed by atoms with Crippen LogP contribution in [0.25, 0.3) is 0 Å². The van der Waals surface area contributed by atoms with Gasteiger partial charge in [0.15, 0.2) is 0 Å². The van der Waals surface area contributed by atoms with Crippen molar-refractivity contribution in [3.63, 3.8) is 0 Å². The highest BCUT2D eigenvalue weighted by Crippen LogP contribution is 2.53. The molecule has 2 fully saturated rings. The van der Waals surface area contributed by atoms with Crippen LogP contribution in [-0.2, 0) is 28.9 Å². The number of halogens is 5. The summed E-state index contributed by atoms with van der Waals surface area (Å²) in [6.07, 6.45) is -7.11. The second kappa shape index (κ2) is 8.26. The van der Waals surface area contributed by atoms with Crippen molar-refractivity contribution >= 4 is 16.1 Å². The lowest BCUT2D eigenvalue weighted by Crippen LogP contribution is -2.55. The lowest BCUT2D eigenvalue weighted by Gasteiger charge is -2.47. The van der Waals surface area contributed by atoms with Crippen LogP contribution in [0.15, 0.2) is 0 Å². The number of carbonyl (C=O) groups is 1. The lowest BCUT2D eigenvalue weighted by atomic mass is 9.58. The number of rotatable bonds is 7. The van der Waals surface area contributed by atoms with E-state index in [0.29, 0.717) is 13.0 Å². The van der Waals surface area contributed by atoms with Crippen LogP contribution in [0, 0.1) is 23.2 Å². The van der Waals surface area contributed by atoms with E-state index >= 15 is 0 Å². The molecule has 0 radical (unpaired) electrons. The number of hydrogen-bond acceptors (Lipinski definition) is 6. The summed E-state index contributed by atoms with van der Waals surface area (Å²) in [6, 6.07) is 0. The van der Waals surface area contributed by atoms with E-state index < -0.39 is 39.0 Å². The first-order valence-electron chi connectivity index (χ1n) is 9.31. The average molecular weight is 452 g/mol. The molecule has 3 atom stereocenters. The maximum Gasteiger partial charge on any atom is 0.432 e. The molecule has 0 N–H and O–H groups in total. The number of ether oxygens (including phenoxy) is 1. The lowest BCUT2D eigenvalue weighted by molar-refractivity contribution is -0.269. The summed E-state index contributed by atoms with van der Waals surface area (Å²) in [5, 5.41) is -5.59. The summed E-state index contributed by atoms with van der Waals surface area (Å²) < 4.78 is 98.8. The minimum absolute atomic E-state index is 0.0791. The molecule has 0 saturated heterocycles. The van der Waals surface area contributed by atoms with Crippen LogP contribution in [0.1, 0.15) is 52.4 Å². The van der Waals surface area contributed by atoms with E-state index in [0.717, 1.165) is 19.3 Å². The SMILES string of the molecule is CCC1(C(=O)OC(C(F)(F)F)C(F)(F)S(=O)(=O)OOC)CC2CC(C)CC(C2)C1. The largest absolute Gasteiger partial charge is 0.444 e. The quantitative estimate of drug-likeness (QED) is 0.249. The Morgan fingerprint density at radius 1 is 1.10 bits per heavy atom. The van der Waals surface area contributed by atoms with Crippen molar-refractivity contribution in [2.24, 2.45) is 23.2 Å². The maximum atomic E-state index is 14.2. The van der Waals surface area contributed by atoms with Crippen LogP contribution in [0.4, 0.5) is 22.0 Å². The van der Waals surface area contributed by atoms with Gasteiger partial charge in [0.2, 0.25) is 0 Å². The molecule has 0 aromatic heterocycles. The molecule has 3 unspecified atom stereocenters. The van der Waals surface area contributed by atoms with Crippen LogP contribution in [-0.4, -0.2) is 39.0 Å². The van der Waals surface area contributed by atoms with Gasteiger partial charge in [-0.25, -0.2) is 4.89 Å². The van der Waals surface area contributed by atoms with E-state index in [9.17, 15) is 35.2 Å². The van der Waals surface area contributed by atoms with E-state index in [2.05, 4.69) is 20.9 Å². The molecule has 6 nitrogen and oxygen atoms in total. The van der Waals surface area contributed by atoms with Crippen molar-refractivity contribution in [3.8, 4) is 0 Å². The van der Waals surface area contributed by atoms with Gasteiger partial charge >= 0.3 is 27.5 Å². The highest BCUT2D eigenvalue weighted by molar-refractivity contribution is 7.87. The first-order chi connectivity index (χ1) is 13.2. The summed E-state index contributed by atoms with van der Waals surface area (Å²) in [5.74, 6) is -0.891. The van der Waals surface area contributed by atoms with Crippen LogP contribution >= 0.6 is 0 Å². The summed E-state index contributed by atoms with van der Waals surface area (Å²) in [4.78, 5) is 16.3. The molecule has 12 heteroatoms. The molecule has 0 heterocycles. The Bertz CT molecular complexity index is 690. The van der Waals surface area contributed by atoms with Crippen molar-refractivity contribution in [2.45, 2.75) is 69.9 Å². The zero-order valence-electron chi connectivity index (χ0n) is 16.3. The van der Waals surface area contributed by atoms with E-state index in [-0.39, 0.29) is 31.1 Å². The predicted molar refractivity (Wildman–Crippen MR) is 89.8 cm³/mol. The molecule has 0 aliphatic heterocycles. The average Bonchev–Trinajstić information content (AvgIpc) is 2.56. The Morgan fingerprint density at radius 3 is 2.03 bits per heavy atom. The topological polar surface area (TPSA) is 78.9 Å². The van der Waals surface area contributed by atoms with Gasteiger partial charge in [0, 0.05) is 0 Å². The van der Waals surface area contributed by atoms with Gasteiger partial charge in [-0.15, -0.1) is 4.33 Å². The van der Waals surface area contributed by atoms with Crippen LogP contribution in [0.5, 0.6) is 0 Å². The molecular weight excluding hydrogens is 427 g/mol. The van der Waals surface area contributed by atoms with Crippen molar-refractivity contribution in [2.75, 3.05) is 7.11 Å². The van der Waals surface area contributed by atoms with E-state index in [1.54, 1.807) is 6.92 Å². The normalized spacial score (nSPS) is 31.9. The van der Waals surface area contributed by atoms with Crippen LogP contribution in [0.2, 0.25) is 0 Å². The fourth-order valence-electron chi connectivity index (χ4n) is 4.84. The first-order valence-corrected chi connectivity index (χ1v) is 10.7. The zero-order chi connectivity index (χ0) is 22.3. The van der Waals surface area contributed by atoms with Gasteiger partial charge in [0.25, 0.3) is 6.10 Å². The number of esters is 1. The fourth-order valence-corrected chi connectivity index (χ4v) is 5.56. The van der Waals surface area contributed by atoms with E-state index in [4.69, 9.17) is 0 Å².